The molecule has 2 rings (SSSR count). The molecule has 88 valence electrons. The zero-order valence-corrected chi connectivity index (χ0v) is 9.47. The van der Waals surface area contributed by atoms with Crippen LogP contribution in [0.3, 0.4) is 0 Å². The fraction of sp³-hybridized carbons (Fsp3) is 0.167. The highest BCUT2D eigenvalue weighted by Gasteiger charge is 2.41. The number of ether oxygens (including phenoxy) is 2. The van der Waals surface area contributed by atoms with Crippen molar-refractivity contribution in [2.45, 2.75) is 0 Å². The molecule has 0 aromatic heterocycles. The molecule has 0 aliphatic carbocycles. The van der Waals surface area contributed by atoms with Gasteiger partial charge in [0.15, 0.2) is 0 Å². The number of rotatable bonds is 3. The lowest BCUT2D eigenvalue weighted by Crippen LogP contribution is -2.31. The van der Waals surface area contributed by atoms with E-state index in [0.29, 0.717) is 5.69 Å². The molecule has 0 fully saturated rings. The lowest BCUT2D eigenvalue weighted by molar-refractivity contribution is -0.122. The predicted octanol–water partition coefficient (Wildman–Crippen LogP) is 1.06. The molecule has 0 unspecified atom stereocenters. The van der Waals surface area contributed by atoms with Crippen LogP contribution in [0.4, 0.5) is 5.69 Å². The molecule has 5 nitrogen and oxygen atoms in total. The second-order valence-corrected chi connectivity index (χ2v) is 3.35. The Morgan fingerprint density at radius 3 is 1.76 bits per heavy atom. The Hall–Kier alpha value is -2.30. The number of para-hydroxylation sites is 1. The van der Waals surface area contributed by atoms with Gasteiger partial charge in [-0.1, -0.05) is 18.2 Å². The van der Waals surface area contributed by atoms with Crippen LogP contribution in [-0.4, -0.2) is 26.0 Å². The number of carbonyl (C=O) groups excluding carboxylic acids is 2. The monoisotopic (exact) mass is 233 g/mol. The minimum absolute atomic E-state index is 0.0682. The summed E-state index contributed by atoms with van der Waals surface area (Å²) in [6.45, 7) is 0. The molecule has 0 saturated heterocycles. The Labute approximate surface area is 98.2 Å². The highest BCUT2D eigenvalue weighted by molar-refractivity contribution is 6.31. The topological polar surface area (TPSA) is 55.8 Å². The number of benzene rings is 1. The predicted molar refractivity (Wildman–Crippen MR) is 60.0 cm³/mol. The van der Waals surface area contributed by atoms with Crippen LogP contribution < -0.4 is 4.90 Å². The summed E-state index contributed by atoms with van der Waals surface area (Å²) in [7, 11) is 2.65. The van der Waals surface area contributed by atoms with Crippen molar-refractivity contribution in [1.29, 1.82) is 0 Å². The summed E-state index contributed by atoms with van der Waals surface area (Å²) in [6.07, 6.45) is 0. The summed E-state index contributed by atoms with van der Waals surface area (Å²) in [5, 5.41) is 0. The summed E-state index contributed by atoms with van der Waals surface area (Å²) in [6, 6.07) is 8.63. The van der Waals surface area contributed by atoms with Crippen molar-refractivity contribution in [1.82, 2.24) is 0 Å². The van der Waals surface area contributed by atoms with Gasteiger partial charge in [-0.2, -0.15) is 0 Å². The van der Waals surface area contributed by atoms with E-state index in [2.05, 4.69) is 0 Å². The normalized spacial score (nSPS) is 15.5. The first-order valence-electron chi connectivity index (χ1n) is 4.96. The van der Waals surface area contributed by atoms with E-state index in [4.69, 9.17) is 9.47 Å². The van der Waals surface area contributed by atoms with Gasteiger partial charge in [-0.15, -0.1) is 0 Å². The first-order chi connectivity index (χ1) is 8.20. The van der Waals surface area contributed by atoms with Crippen LogP contribution in [0.15, 0.2) is 41.9 Å². The second-order valence-electron chi connectivity index (χ2n) is 3.35. The van der Waals surface area contributed by atoms with Gasteiger partial charge in [0, 0.05) is 0 Å². The van der Waals surface area contributed by atoms with Crippen LogP contribution in [0, 0.1) is 0 Å². The molecule has 0 atom stereocenters. The molecule has 0 N–H and O–H groups in total. The number of amides is 2. The molecule has 1 aromatic carbocycles. The Balaban J connectivity index is 2.43. The quantitative estimate of drug-likeness (QED) is 0.732. The summed E-state index contributed by atoms with van der Waals surface area (Å²) in [5.41, 5.74) is 0.490. The molecule has 2 amide bonds. The van der Waals surface area contributed by atoms with Crippen molar-refractivity contribution in [2.24, 2.45) is 0 Å². The van der Waals surface area contributed by atoms with Gasteiger partial charge in [-0.05, 0) is 12.1 Å². The number of hydrogen-bond donors (Lipinski definition) is 0. The smallest absolute Gasteiger partial charge is 0.304 e. The molecule has 17 heavy (non-hydrogen) atoms. The van der Waals surface area contributed by atoms with Crippen LogP contribution in [0.5, 0.6) is 0 Å². The number of anilines is 1. The van der Waals surface area contributed by atoms with E-state index in [-0.39, 0.29) is 11.5 Å². The summed E-state index contributed by atoms with van der Waals surface area (Å²) < 4.78 is 9.78. The molecule has 0 saturated carbocycles. The Morgan fingerprint density at radius 1 is 0.882 bits per heavy atom. The third kappa shape index (κ3) is 1.65. The number of imide groups is 1. The minimum atomic E-state index is -0.513. The number of nitrogens with zero attached hydrogens (tertiary/aromatic N) is 1. The molecule has 5 heteroatoms. The molecule has 1 aromatic rings. The molecule has 0 bridgehead atoms. The fourth-order valence-corrected chi connectivity index (χ4v) is 1.66. The maximum atomic E-state index is 12.0. The van der Waals surface area contributed by atoms with Gasteiger partial charge in [0.05, 0.1) is 19.9 Å². The van der Waals surface area contributed by atoms with E-state index in [1.165, 1.54) is 14.2 Å². The summed E-state index contributed by atoms with van der Waals surface area (Å²) in [5.74, 6) is -1.16. The molecular weight excluding hydrogens is 222 g/mol. The first kappa shape index (κ1) is 11.2. The molecular formula is C12H11NO4. The van der Waals surface area contributed by atoms with Crippen molar-refractivity contribution in [3.05, 3.63) is 41.9 Å². The minimum Gasteiger partial charge on any atom is -0.488 e. The van der Waals surface area contributed by atoms with Gasteiger partial charge in [-0.3, -0.25) is 9.59 Å². The van der Waals surface area contributed by atoms with Gasteiger partial charge < -0.3 is 9.47 Å². The molecule has 0 spiro atoms. The molecule has 1 heterocycles. The van der Waals surface area contributed by atoms with Crippen LogP contribution in [-0.2, 0) is 19.1 Å². The lowest BCUT2D eigenvalue weighted by atomic mass is 10.3. The lowest BCUT2D eigenvalue weighted by Gasteiger charge is -2.13. The highest BCUT2D eigenvalue weighted by atomic mass is 16.5. The van der Waals surface area contributed by atoms with Crippen LogP contribution >= 0.6 is 0 Å². The fourth-order valence-electron chi connectivity index (χ4n) is 1.66. The molecule has 1 aliphatic heterocycles. The number of carbonyl (C=O) groups is 2. The van der Waals surface area contributed by atoms with Gasteiger partial charge >= 0.3 is 11.8 Å². The SMILES string of the molecule is COC1=C(OC)C(=O)N(c2ccccc2)C1=O. The number of hydrogen-bond acceptors (Lipinski definition) is 4. The van der Waals surface area contributed by atoms with Crippen LogP contribution in [0.2, 0.25) is 0 Å². The van der Waals surface area contributed by atoms with Crippen molar-refractivity contribution in [3.8, 4) is 0 Å². The zero-order valence-electron chi connectivity index (χ0n) is 9.47. The summed E-state index contributed by atoms with van der Waals surface area (Å²) >= 11 is 0. The Kier molecular flexibility index (Phi) is 2.82. The first-order valence-corrected chi connectivity index (χ1v) is 4.96. The average molecular weight is 233 g/mol. The average Bonchev–Trinajstić information content (AvgIpc) is 2.60. The maximum absolute atomic E-state index is 12.0. The Morgan fingerprint density at radius 2 is 1.35 bits per heavy atom. The maximum Gasteiger partial charge on any atom is 0.304 e. The van der Waals surface area contributed by atoms with Gasteiger partial charge in [0.2, 0.25) is 11.5 Å². The van der Waals surface area contributed by atoms with Crippen LogP contribution in [0.1, 0.15) is 0 Å². The van der Waals surface area contributed by atoms with E-state index >= 15 is 0 Å². The second kappa shape index (κ2) is 4.29. The molecule has 1 aliphatic rings. The van der Waals surface area contributed by atoms with Gasteiger partial charge in [0.1, 0.15) is 0 Å². The van der Waals surface area contributed by atoms with Gasteiger partial charge in [0.25, 0.3) is 0 Å². The molecule has 0 radical (unpaired) electrons. The largest absolute Gasteiger partial charge is 0.488 e. The van der Waals surface area contributed by atoms with Crippen molar-refractivity contribution in [3.63, 3.8) is 0 Å². The zero-order chi connectivity index (χ0) is 12.4. The van der Waals surface area contributed by atoms with E-state index < -0.39 is 11.8 Å². The third-order valence-electron chi connectivity index (χ3n) is 2.42. The van der Waals surface area contributed by atoms with E-state index in [1.807, 2.05) is 0 Å². The van der Waals surface area contributed by atoms with E-state index in [0.717, 1.165) is 4.90 Å². The summed E-state index contributed by atoms with van der Waals surface area (Å²) in [4.78, 5) is 24.9. The van der Waals surface area contributed by atoms with Crippen LogP contribution in [0.25, 0.3) is 0 Å². The van der Waals surface area contributed by atoms with E-state index in [9.17, 15) is 9.59 Å². The Bertz CT molecular complexity index is 466. The van der Waals surface area contributed by atoms with Crippen molar-refractivity contribution in [2.75, 3.05) is 19.1 Å². The standard InChI is InChI=1S/C12H11NO4/c1-16-9-10(17-2)12(15)13(11(9)14)8-6-4-3-5-7-8/h3-7H,1-2H3. The van der Waals surface area contributed by atoms with Gasteiger partial charge in [-0.25, -0.2) is 4.90 Å². The highest BCUT2D eigenvalue weighted by Crippen LogP contribution is 2.27. The number of methoxy groups -OCH3 is 2. The van der Waals surface area contributed by atoms with E-state index in [1.54, 1.807) is 30.3 Å². The van der Waals surface area contributed by atoms with Crippen molar-refractivity contribution < 1.29 is 19.1 Å². The van der Waals surface area contributed by atoms with Crippen molar-refractivity contribution >= 4 is 17.5 Å². The third-order valence-corrected chi connectivity index (χ3v) is 2.42.